The van der Waals surface area contributed by atoms with Gasteiger partial charge in [0.05, 0.1) is 19.3 Å². The first kappa shape index (κ1) is 16.7. The van der Waals surface area contributed by atoms with E-state index in [2.05, 4.69) is 9.97 Å². The molecule has 0 radical (unpaired) electrons. The number of likely N-dealkylation sites (tertiary alicyclic amines) is 1. The zero-order valence-electron chi connectivity index (χ0n) is 14.4. The molecule has 2 saturated heterocycles. The van der Waals surface area contributed by atoms with Crippen LogP contribution in [0.25, 0.3) is 0 Å². The van der Waals surface area contributed by atoms with Crippen LogP contribution in [0.4, 0.5) is 5.69 Å². The molecule has 0 saturated carbocycles. The van der Waals surface area contributed by atoms with Crippen LogP contribution in [0.5, 0.6) is 0 Å². The summed E-state index contributed by atoms with van der Waals surface area (Å²) in [5, 5.41) is 0. The topological polar surface area (TPSA) is 75.6 Å². The Morgan fingerprint density at radius 3 is 2.77 bits per heavy atom. The second-order valence-electron chi connectivity index (χ2n) is 6.71. The molecule has 2 aromatic rings. The van der Waals surface area contributed by atoms with E-state index in [1.807, 2.05) is 30.3 Å². The SMILES string of the molecule is O=C(c1cnccn1)N1CCCC2(C1)CN(c1ccccc1)C(=O)CO2. The number of hydrogen-bond donors (Lipinski definition) is 0. The zero-order chi connectivity index (χ0) is 18.0. The highest BCUT2D eigenvalue weighted by molar-refractivity contribution is 5.95. The van der Waals surface area contributed by atoms with Gasteiger partial charge in [-0.05, 0) is 25.0 Å². The van der Waals surface area contributed by atoms with Gasteiger partial charge in [-0.3, -0.25) is 14.6 Å². The van der Waals surface area contributed by atoms with Crippen molar-refractivity contribution in [2.24, 2.45) is 0 Å². The minimum Gasteiger partial charge on any atom is -0.361 e. The molecular weight excluding hydrogens is 332 g/mol. The molecule has 1 aromatic heterocycles. The van der Waals surface area contributed by atoms with Crippen molar-refractivity contribution in [1.29, 1.82) is 0 Å². The predicted molar refractivity (Wildman–Crippen MR) is 94.6 cm³/mol. The Bertz CT molecular complexity index is 799. The molecule has 134 valence electrons. The second-order valence-corrected chi connectivity index (χ2v) is 6.71. The molecule has 2 aliphatic rings. The van der Waals surface area contributed by atoms with Gasteiger partial charge >= 0.3 is 0 Å². The van der Waals surface area contributed by atoms with Gasteiger partial charge in [-0.2, -0.15) is 0 Å². The van der Waals surface area contributed by atoms with E-state index in [4.69, 9.17) is 4.74 Å². The van der Waals surface area contributed by atoms with Crippen LogP contribution >= 0.6 is 0 Å². The number of amides is 2. The molecule has 1 unspecified atom stereocenters. The lowest BCUT2D eigenvalue weighted by Crippen LogP contribution is -2.62. The number of benzene rings is 1. The predicted octanol–water partition coefficient (Wildman–Crippen LogP) is 1.51. The normalized spacial score (nSPS) is 23.3. The van der Waals surface area contributed by atoms with Crippen LogP contribution in [-0.2, 0) is 9.53 Å². The Kier molecular flexibility index (Phi) is 4.38. The molecular formula is C19H20N4O3. The standard InChI is InChI=1S/C19H20N4O3/c24-17-12-26-19(14-23(17)15-5-2-1-3-6-15)7-4-10-22(13-19)18(25)16-11-20-8-9-21-16/h1-3,5-6,8-9,11H,4,7,10,12-14H2. The minimum absolute atomic E-state index is 0.0298. The monoisotopic (exact) mass is 352 g/mol. The van der Waals surface area contributed by atoms with E-state index in [1.165, 1.54) is 12.4 Å². The van der Waals surface area contributed by atoms with E-state index in [9.17, 15) is 9.59 Å². The third-order valence-corrected chi connectivity index (χ3v) is 4.93. The summed E-state index contributed by atoms with van der Waals surface area (Å²) in [6.07, 6.45) is 6.17. The molecule has 3 heterocycles. The highest BCUT2D eigenvalue weighted by atomic mass is 16.5. The summed E-state index contributed by atoms with van der Waals surface area (Å²) in [7, 11) is 0. The number of piperidine rings is 1. The maximum absolute atomic E-state index is 12.7. The van der Waals surface area contributed by atoms with Crippen LogP contribution in [0.3, 0.4) is 0 Å². The van der Waals surface area contributed by atoms with Crippen LogP contribution in [0.15, 0.2) is 48.9 Å². The molecule has 2 amide bonds. The molecule has 1 atom stereocenters. The number of para-hydroxylation sites is 1. The second kappa shape index (κ2) is 6.84. The Hall–Kier alpha value is -2.80. The van der Waals surface area contributed by atoms with Crippen LogP contribution < -0.4 is 4.90 Å². The van der Waals surface area contributed by atoms with E-state index in [-0.39, 0.29) is 18.4 Å². The Morgan fingerprint density at radius 1 is 1.15 bits per heavy atom. The van der Waals surface area contributed by atoms with Crippen molar-refractivity contribution in [1.82, 2.24) is 14.9 Å². The fraction of sp³-hybridized carbons (Fsp3) is 0.368. The number of aromatic nitrogens is 2. The van der Waals surface area contributed by atoms with Gasteiger partial charge in [-0.1, -0.05) is 18.2 Å². The van der Waals surface area contributed by atoms with Gasteiger partial charge in [0, 0.05) is 24.6 Å². The third-order valence-electron chi connectivity index (χ3n) is 4.93. The first-order chi connectivity index (χ1) is 12.7. The van der Waals surface area contributed by atoms with Gasteiger partial charge in [-0.15, -0.1) is 0 Å². The number of rotatable bonds is 2. The van der Waals surface area contributed by atoms with Gasteiger partial charge in [0.15, 0.2) is 0 Å². The molecule has 7 heteroatoms. The van der Waals surface area contributed by atoms with Crippen molar-refractivity contribution >= 4 is 17.5 Å². The van der Waals surface area contributed by atoms with Crippen molar-refractivity contribution in [3.8, 4) is 0 Å². The lowest BCUT2D eigenvalue weighted by Gasteiger charge is -2.47. The molecule has 0 N–H and O–H groups in total. The van der Waals surface area contributed by atoms with Crippen LogP contribution in [0.1, 0.15) is 23.3 Å². The minimum atomic E-state index is -0.542. The summed E-state index contributed by atoms with van der Waals surface area (Å²) in [6.45, 7) is 1.57. The van der Waals surface area contributed by atoms with Gasteiger partial charge in [0.2, 0.25) is 0 Å². The van der Waals surface area contributed by atoms with E-state index in [0.29, 0.717) is 25.3 Å². The lowest BCUT2D eigenvalue weighted by molar-refractivity contribution is -0.144. The van der Waals surface area contributed by atoms with E-state index >= 15 is 0 Å². The number of nitrogens with zero attached hydrogens (tertiary/aromatic N) is 4. The number of carbonyl (C=O) groups is 2. The first-order valence-electron chi connectivity index (χ1n) is 8.72. The molecule has 4 rings (SSSR count). The molecule has 1 spiro atoms. The quantitative estimate of drug-likeness (QED) is 0.819. The molecule has 2 fully saturated rings. The van der Waals surface area contributed by atoms with Crippen LogP contribution in [0.2, 0.25) is 0 Å². The molecule has 0 bridgehead atoms. The molecule has 0 aliphatic carbocycles. The lowest BCUT2D eigenvalue weighted by atomic mass is 9.90. The first-order valence-corrected chi connectivity index (χ1v) is 8.72. The number of hydrogen-bond acceptors (Lipinski definition) is 5. The van der Waals surface area contributed by atoms with E-state index in [0.717, 1.165) is 18.5 Å². The molecule has 1 aromatic carbocycles. The molecule has 26 heavy (non-hydrogen) atoms. The highest BCUT2D eigenvalue weighted by Crippen LogP contribution is 2.32. The van der Waals surface area contributed by atoms with Crippen molar-refractivity contribution in [3.63, 3.8) is 0 Å². The van der Waals surface area contributed by atoms with E-state index in [1.54, 1.807) is 16.0 Å². The number of anilines is 1. The zero-order valence-corrected chi connectivity index (χ0v) is 14.4. The van der Waals surface area contributed by atoms with Gasteiger partial charge in [0.1, 0.15) is 17.9 Å². The van der Waals surface area contributed by atoms with Crippen molar-refractivity contribution in [2.45, 2.75) is 18.4 Å². The number of morpholine rings is 1. The smallest absolute Gasteiger partial charge is 0.274 e. The molecule has 7 nitrogen and oxygen atoms in total. The van der Waals surface area contributed by atoms with Crippen LogP contribution in [-0.4, -0.2) is 58.5 Å². The Balaban J connectivity index is 1.54. The summed E-state index contributed by atoms with van der Waals surface area (Å²) in [5.74, 6) is -0.205. The Labute approximate surface area is 151 Å². The number of carbonyl (C=O) groups excluding carboxylic acids is 2. The van der Waals surface area contributed by atoms with Crippen LogP contribution in [0, 0.1) is 0 Å². The summed E-state index contributed by atoms with van der Waals surface area (Å²) in [4.78, 5) is 36.7. The summed E-state index contributed by atoms with van der Waals surface area (Å²) < 4.78 is 5.97. The highest BCUT2D eigenvalue weighted by Gasteiger charge is 2.44. The summed E-state index contributed by atoms with van der Waals surface area (Å²) in [5.41, 5.74) is 0.647. The largest absolute Gasteiger partial charge is 0.361 e. The van der Waals surface area contributed by atoms with Crippen molar-refractivity contribution < 1.29 is 14.3 Å². The fourth-order valence-corrected chi connectivity index (χ4v) is 3.65. The number of ether oxygens (including phenoxy) is 1. The maximum Gasteiger partial charge on any atom is 0.274 e. The van der Waals surface area contributed by atoms with Gasteiger partial charge in [0.25, 0.3) is 11.8 Å². The third kappa shape index (κ3) is 3.17. The van der Waals surface area contributed by atoms with Crippen molar-refractivity contribution in [2.75, 3.05) is 31.1 Å². The van der Waals surface area contributed by atoms with E-state index < -0.39 is 5.60 Å². The van der Waals surface area contributed by atoms with Crippen molar-refractivity contribution in [3.05, 3.63) is 54.6 Å². The van der Waals surface area contributed by atoms with Gasteiger partial charge < -0.3 is 14.5 Å². The summed E-state index contributed by atoms with van der Waals surface area (Å²) >= 11 is 0. The average Bonchev–Trinajstić information content (AvgIpc) is 2.71. The Morgan fingerprint density at radius 2 is 2.00 bits per heavy atom. The summed E-state index contributed by atoms with van der Waals surface area (Å²) in [6, 6.07) is 9.58. The maximum atomic E-state index is 12.7. The molecule has 2 aliphatic heterocycles. The van der Waals surface area contributed by atoms with Gasteiger partial charge in [-0.25, -0.2) is 4.98 Å². The average molecular weight is 352 g/mol. The fourth-order valence-electron chi connectivity index (χ4n) is 3.65.